The van der Waals surface area contributed by atoms with E-state index >= 15 is 0 Å². The zero-order valence-corrected chi connectivity index (χ0v) is 7.03. The number of carboxylic acids is 1. The van der Waals surface area contributed by atoms with Gasteiger partial charge in [0, 0.05) is 0 Å². The van der Waals surface area contributed by atoms with E-state index in [9.17, 15) is 4.79 Å². The second-order valence-corrected chi connectivity index (χ2v) is 3.77. The van der Waals surface area contributed by atoms with E-state index in [4.69, 9.17) is 9.84 Å². The molecule has 2 aliphatic rings. The first-order valence-corrected chi connectivity index (χ1v) is 4.65. The molecule has 1 saturated heterocycles. The van der Waals surface area contributed by atoms with Crippen LogP contribution in [0.2, 0.25) is 0 Å². The van der Waals surface area contributed by atoms with Gasteiger partial charge in [0.05, 0.1) is 6.10 Å². The van der Waals surface area contributed by atoms with Crippen molar-refractivity contribution in [3.05, 3.63) is 0 Å². The molecule has 1 aliphatic carbocycles. The molecular formula is C9H14O3. The van der Waals surface area contributed by atoms with Gasteiger partial charge in [-0.15, -0.1) is 0 Å². The van der Waals surface area contributed by atoms with Gasteiger partial charge in [-0.05, 0) is 38.0 Å². The van der Waals surface area contributed by atoms with Gasteiger partial charge in [0.2, 0.25) is 0 Å². The van der Waals surface area contributed by atoms with Gasteiger partial charge in [-0.3, -0.25) is 0 Å². The predicted octanol–water partition coefficient (Wildman–Crippen LogP) is 1.42. The lowest BCUT2D eigenvalue weighted by atomic mass is 10.0. The molecule has 3 nitrogen and oxygen atoms in total. The molecule has 68 valence electrons. The van der Waals surface area contributed by atoms with Gasteiger partial charge in [-0.2, -0.15) is 0 Å². The van der Waals surface area contributed by atoms with Crippen molar-refractivity contribution in [3.63, 3.8) is 0 Å². The highest BCUT2D eigenvalue weighted by molar-refractivity contribution is 5.72. The maximum atomic E-state index is 10.6. The Balaban J connectivity index is 1.89. The summed E-state index contributed by atoms with van der Waals surface area (Å²) < 4.78 is 5.47. The van der Waals surface area contributed by atoms with E-state index < -0.39 is 12.1 Å². The number of carbonyl (C=O) groups is 1. The third-order valence-corrected chi connectivity index (χ3v) is 2.72. The van der Waals surface area contributed by atoms with Crippen LogP contribution in [0.15, 0.2) is 0 Å². The highest BCUT2D eigenvalue weighted by Crippen LogP contribution is 2.39. The minimum atomic E-state index is -0.791. The highest BCUT2D eigenvalue weighted by atomic mass is 16.5. The molecule has 1 saturated carbocycles. The van der Waals surface area contributed by atoms with Gasteiger partial charge >= 0.3 is 5.97 Å². The normalized spacial score (nSPS) is 36.3. The number of aliphatic carboxylic acids is 1. The molecule has 0 aromatic rings. The molecule has 12 heavy (non-hydrogen) atoms. The van der Waals surface area contributed by atoms with Crippen LogP contribution in [0.5, 0.6) is 0 Å². The summed E-state index contributed by atoms with van der Waals surface area (Å²) in [7, 11) is 0. The molecule has 2 atom stereocenters. The van der Waals surface area contributed by atoms with Crippen molar-refractivity contribution in [1.29, 1.82) is 0 Å². The minimum Gasteiger partial charge on any atom is -0.479 e. The smallest absolute Gasteiger partial charge is 0.332 e. The fraction of sp³-hybridized carbons (Fsp3) is 0.889. The van der Waals surface area contributed by atoms with Crippen molar-refractivity contribution >= 4 is 5.97 Å². The third kappa shape index (κ3) is 1.61. The van der Waals surface area contributed by atoms with Gasteiger partial charge in [-0.1, -0.05) is 0 Å². The summed E-state index contributed by atoms with van der Waals surface area (Å²) in [6, 6.07) is 0. The van der Waals surface area contributed by atoms with E-state index in [1.165, 1.54) is 12.8 Å². The summed E-state index contributed by atoms with van der Waals surface area (Å²) in [6.45, 7) is 0. The summed E-state index contributed by atoms with van der Waals surface area (Å²) in [5.41, 5.74) is 0. The Morgan fingerprint density at radius 3 is 2.58 bits per heavy atom. The van der Waals surface area contributed by atoms with E-state index in [0.29, 0.717) is 12.3 Å². The summed E-state index contributed by atoms with van der Waals surface area (Å²) >= 11 is 0. The molecule has 0 aromatic heterocycles. The van der Waals surface area contributed by atoms with E-state index in [0.717, 1.165) is 12.8 Å². The lowest BCUT2D eigenvalue weighted by Crippen LogP contribution is -2.34. The van der Waals surface area contributed by atoms with Crippen LogP contribution < -0.4 is 0 Å². The molecule has 1 aliphatic heterocycles. The zero-order chi connectivity index (χ0) is 8.55. The SMILES string of the molecule is O=C(O)C1CCCC(C2CC2)O1. The quantitative estimate of drug-likeness (QED) is 0.681. The molecule has 2 rings (SSSR count). The number of ether oxygens (including phenoxy) is 1. The molecule has 3 heteroatoms. The van der Waals surface area contributed by atoms with E-state index in [-0.39, 0.29) is 6.10 Å². The van der Waals surface area contributed by atoms with E-state index in [2.05, 4.69) is 0 Å². The maximum Gasteiger partial charge on any atom is 0.332 e. The number of rotatable bonds is 2. The fourth-order valence-corrected chi connectivity index (χ4v) is 1.85. The van der Waals surface area contributed by atoms with Crippen LogP contribution in [0.4, 0.5) is 0 Å². The van der Waals surface area contributed by atoms with Gasteiger partial charge in [0.1, 0.15) is 0 Å². The molecule has 0 aromatic carbocycles. The van der Waals surface area contributed by atoms with Crippen molar-refractivity contribution in [3.8, 4) is 0 Å². The van der Waals surface area contributed by atoms with E-state index in [1.54, 1.807) is 0 Å². The molecule has 0 amide bonds. The molecule has 0 bridgehead atoms. The highest BCUT2D eigenvalue weighted by Gasteiger charge is 2.37. The largest absolute Gasteiger partial charge is 0.479 e. The molecular weight excluding hydrogens is 156 g/mol. The molecule has 0 spiro atoms. The third-order valence-electron chi connectivity index (χ3n) is 2.72. The van der Waals surface area contributed by atoms with Gasteiger partial charge in [0.15, 0.2) is 6.10 Å². The first-order valence-electron chi connectivity index (χ1n) is 4.65. The first-order chi connectivity index (χ1) is 5.77. The van der Waals surface area contributed by atoms with Crippen LogP contribution in [0.1, 0.15) is 32.1 Å². The molecule has 2 unspecified atom stereocenters. The van der Waals surface area contributed by atoms with Gasteiger partial charge < -0.3 is 9.84 Å². The van der Waals surface area contributed by atoms with Crippen LogP contribution in [0, 0.1) is 5.92 Å². The summed E-state index contributed by atoms with van der Waals surface area (Å²) in [5.74, 6) is -0.118. The topological polar surface area (TPSA) is 46.5 Å². The van der Waals surface area contributed by atoms with Crippen molar-refractivity contribution < 1.29 is 14.6 Å². The molecule has 1 N–H and O–H groups in total. The molecule has 2 fully saturated rings. The van der Waals surface area contributed by atoms with Crippen LogP contribution in [0.3, 0.4) is 0 Å². The Hall–Kier alpha value is -0.570. The van der Waals surface area contributed by atoms with E-state index in [1.807, 2.05) is 0 Å². The number of hydrogen-bond donors (Lipinski definition) is 1. The van der Waals surface area contributed by atoms with Crippen molar-refractivity contribution in [2.24, 2.45) is 5.92 Å². The van der Waals surface area contributed by atoms with Crippen LogP contribution in [-0.4, -0.2) is 23.3 Å². The van der Waals surface area contributed by atoms with Crippen LogP contribution in [-0.2, 0) is 9.53 Å². The van der Waals surface area contributed by atoms with Crippen molar-refractivity contribution in [1.82, 2.24) is 0 Å². The van der Waals surface area contributed by atoms with Crippen molar-refractivity contribution in [2.75, 3.05) is 0 Å². The summed E-state index contributed by atoms with van der Waals surface area (Å²) in [5, 5.41) is 8.73. The Morgan fingerprint density at radius 2 is 2.00 bits per heavy atom. The van der Waals surface area contributed by atoms with Gasteiger partial charge in [-0.25, -0.2) is 4.79 Å². The van der Waals surface area contributed by atoms with Crippen LogP contribution in [0.25, 0.3) is 0 Å². The second kappa shape index (κ2) is 3.05. The lowest BCUT2D eigenvalue weighted by Gasteiger charge is -2.27. The monoisotopic (exact) mass is 170 g/mol. The Morgan fingerprint density at radius 1 is 1.25 bits per heavy atom. The standard InChI is InChI=1S/C9H14O3/c10-9(11)8-3-1-2-7(12-8)6-4-5-6/h6-8H,1-5H2,(H,10,11). The number of carboxylic acid groups (broad SMARTS) is 1. The Kier molecular flexibility index (Phi) is 2.05. The Labute approximate surface area is 71.7 Å². The maximum absolute atomic E-state index is 10.6. The number of hydrogen-bond acceptors (Lipinski definition) is 2. The zero-order valence-electron chi connectivity index (χ0n) is 7.03. The first kappa shape index (κ1) is 8.05. The summed E-state index contributed by atoms with van der Waals surface area (Å²) in [6.07, 6.45) is 4.96. The van der Waals surface area contributed by atoms with Crippen LogP contribution >= 0.6 is 0 Å². The lowest BCUT2D eigenvalue weighted by molar-refractivity contribution is -0.160. The van der Waals surface area contributed by atoms with Crippen molar-refractivity contribution in [2.45, 2.75) is 44.3 Å². The molecule has 0 radical (unpaired) electrons. The second-order valence-electron chi connectivity index (χ2n) is 3.77. The average Bonchev–Trinajstić information content (AvgIpc) is 2.87. The predicted molar refractivity (Wildman–Crippen MR) is 42.9 cm³/mol. The Bertz CT molecular complexity index is 186. The molecule has 1 heterocycles. The fourth-order valence-electron chi connectivity index (χ4n) is 1.85. The minimum absolute atomic E-state index is 0.250. The summed E-state index contributed by atoms with van der Waals surface area (Å²) in [4.78, 5) is 10.6. The average molecular weight is 170 g/mol. The van der Waals surface area contributed by atoms with Gasteiger partial charge in [0.25, 0.3) is 0 Å².